The highest BCUT2D eigenvalue weighted by molar-refractivity contribution is 5.83. The Bertz CT molecular complexity index is 1050. The van der Waals surface area contributed by atoms with E-state index in [1.54, 1.807) is 0 Å². The molecule has 4 rings (SSSR count). The fourth-order valence-corrected chi connectivity index (χ4v) is 4.34. The first kappa shape index (κ1) is 21.2. The standard InChI is InChI=1S/C24H30N4O3/c1-16-21(17(2)31-27-16)15-28-13-12-19(10-11-24(28)30)26-23(29)9-5-6-18-14-25-22-8-4-3-7-20(18)22/h3-4,7-8,14,19,25H,5-6,9-13,15H2,1-2H3,(H,26,29). The molecule has 0 radical (unpaired) electrons. The summed E-state index contributed by atoms with van der Waals surface area (Å²) in [5.41, 5.74) is 4.19. The predicted molar refractivity (Wildman–Crippen MR) is 118 cm³/mol. The lowest BCUT2D eigenvalue weighted by atomic mass is 10.1. The van der Waals surface area contributed by atoms with Crippen LogP contribution in [0.5, 0.6) is 0 Å². The average molecular weight is 423 g/mol. The summed E-state index contributed by atoms with van der Waals surface area (Å²) in [7, 11) is 0. The number of aromatic nitrogens is 2. The first-order chi connectivity index (χ1) is 15.0. The van der Waals surface area contributed by atoms with Gasteiger partial charge in [0.2, 0.25) is 11.8 Å². The number of hydrogen-bond acceptors (Lipinski definition) is 4. The molecule has 2 N–H and O–H groups in total. The SMILES string of the molecule is Cc1noc(C)c1CN1CCC(NC(=O)CCCc2c[nH]c3ccccc23)CCC1=O. The van der Waals surface area contributed by atoms with Crippen molar-refractivity contribution in [2.75, 3.05) is 6.54 Å². The number of carbonyl (C=O) groups is 2. The highest BCUT2D eigenvalue weighted by atomic mass is 16.5. The molecular weight excluding hydrogens is 392 g/mol. The molecule has 1 unspecified atom stereocenters. The number of nitrogens with zero attached hydrogens (tertiary/aromatic N) is 2. The van der Waals surface area contributed by atoms with Gasteiger partial charge in [0.05, 0.1) is 12.2 Å². The maximum absolute atomic E-state index is 12.6. The third-order valence-corrected chi connectivity index (χ3v) is 6.23. The highest BCUT2D eigenvalue weighted by Gasteiger charge is 2.25. The van der Waals surface area contributed by atoms with Crippen molar-refractivity contribution in [2.24, 2.45) is 0 Å². The van der Waals surface area contributed by atoms with E-state index >= 15 is 0 Å². The van der Waals surface area contributed by atoms with Crippen LogP contribution in [0.15, 0.2) is 35.0 Å². The topological polar surface area (TPSA) is 91.2 Å². The van der Waals surface area contributed by atoms with Crippen molar-refractivity contribution in [3.63, 3.8) is 0 Å². The molecule has 2 amide bonds. The molecule has 7 heteroatoms. The second-order valence-corrected chi connectivity index (χ2v) is 8.42. The Labute approximate surface area is 182 Å². The van der Waals surface area contributed by atoms with Crippen molar-refractivity contribution in [1.82, 2.24) is 20.4 Å². The Hall–Kier alpha value is -3.09. The molecule has 7 nitrogen and oxygen atoms in total. The van der Waals surface area contributed by atoms with Gasteiger partial charge in [-0.1, -0.05) is 23.4 Å². The largest absolute Gasteiger partial charge is 0.361 e. The number of carbonyl (C=O) groups excluding carboxylic acids is 2. The van der Waals surface area contributed by atoms with Gasteiger partial charge >= 0.3 is 0 Å². The van der Waals surface area contributed by atoms with Gasteiger partial charge in [0.1, 0.15) is 5.76 Å². The number of aryl methyl sites for hydroxylation is 3. The molecule has 1 fully saturated rings. The summed E-state index contributed by atoms with van der Waals surface area (Å²) in [6.45, 7) is 4.92. The van der Waals surface area contributed by atoms with Crippen LogP contribution in [0, 0.1) is 13.8 Å². The molecule has 0 saturated carbocycles. The normalized spacial score (nSPS) is 17.2. The Morgan fingerprint density at radius 1 is 1.29 bits per heavy atom. The summed E-state index contributed by atoms with van der Waals surface area (Å²) in [5, 5.41) is 8.34. The van der Waals surface area contributed by atoms with E-state index in [-0.39, 0.29) is 17.9 Å². The molecule has 31 heavy (non-hydrogen) atoms. The molecule has 1 saturated heterocycles. The lowest BCUT2D eigenvalue weighted by Gasteiger charge is -2.21. The minimum atomic E-state index is 0.0409. The molecular formula is C24H30N4O3. The number of likely N-dealkylation sites (tertiary alicyclic amines) is 1. The van der Waals surface area contributed by atoms with Crippen molar-refractivity contribution in [1.29, 1.82) is 0 Å². The molecule has 1 atom stereocenters. The van der Waals surface area contributed by atoms with Gasteiger partial charge in [-0.3, -0.25) is 9.59 Å². The molecule has 164 valence electrons. The Morgan fingerprint density at radius 2 is 2.13 bits per heavy atom. The van der Waals surface area contributed by atoms with Crippen LogP contribution in [0.4, 0.5) is 0 Å². The molecule has 1 aliphatic rings. The molecule has 0 aliphatic carbocycles. The first-order valence-corrected chi connectivity index (χ1v) is 11.0. The van der Waals surface area contributed by atoms with Crippen molar-refractivity contribution < 1.29 is 14.1 Å². The third kappa shape index (κ3) is 4.98. The number of benzene rings is 1. The minimum absolute atomic E-state index is 0.0409. The second-order valence-electron chi connectivity index (χ2n) is 8.42. The summed E-state index contributed by atoms with van der Waals surface area (Å²) < 4.78 is 5.22. The zero-order chi connectivity index (χ0) is 21.8. The van der Waals surface area contributed by atoms with Crippen LogP contribution in [-0.2, 0) is 22.6 Å². The van der Waals surface area contributed by atoms with Crippen LogP contribution in [0.2, 0.25) is 0 Å². The first-order valence-electron chi connectivity index (χ1n) is 11.0. The van der Waals surface area contributed by atoms with Gasteiger partial charge in [-0.05, 0) is 51.2 Å². The van der Waals surface area contributed by atoms with E-state index in [9.17, 15) is 9.59 Å². The molecule has 0 spiro atoms. The summed E-state index contributed by atoms with van der Waals surface area (Å²) in [4.78, 5) is 30.2. The molecule has 2 aromatic heterocycles. The van der Waals surface area contributed by atoms with E-state index in [2.05, 4.69) is 27.6 Å². The molecule has 3 heterocycles. The van der Waals surface area contributed by atoms with E-state index in [1.807, 2.05) is 37.1 Å². The number of aromatic amines is 1. The number of fused-ring (bicyclic) bond motifs is 1. The highest BCUT2D eigenvalue weighted by Crippen LogP contribution is 2.21. The number of H-pyrrole nitrogens is 1. The lowest BCUT2D eigenvalue weighted by Crippen LogP contribution is -2.35. The van der Waals surface area contributed by atoms with Gasteiger partial charge in [-0.15, -0.1) is 0 Å². The van der Waals surface area contributed by atoms with Crippen LogP contribution in [0.1, 0.15) is 54.7 Å². The molecule has 1 aliphatic heterocycles. The van der Waals surface area contributed by atoms with Crippen LogP contribution < -0.4 is 5.32 Å². The van der Waals surface area contributed by atoms with Crippen LogP contribution >= 0.6 is 0 Å². The third-order valence-electron chi connectivity index (χ3n) is 6.23. The minimum Gasteiger partial charge on any atom is -0.361 e. The van der Waals surface area contributed by atoms with E-state index in [0.29, 0.717) is 32.4 Å². The Morgan fingerprint density at radius 3 is 2.94 bits per heavy atom. The number of para-hydroxylation sites is 1. The lowest BCUT2D eigenvalue weighted by molar-refractivity contribution is -0.131. The van der Waals surface area contributed by atoms with Crippen molar-refractivity contribution in [3.05, 3.63) is 53.0 Å². The maximum atomic E-state index is 12.6. The molecule has 0 bridgehead atoms. The summed E-state index contributed by atoms with van der Waals surface area (Å²) in [5.74, 6) is 0.946. The number of hydrogen-bond donors (Lipinski definition) is 2. The number of nitrogens with one attached hydrogen (secondary N) is 2. The maximum Gasteiger partial charge on any atom is 0.222 e. The van der Waals surface area contributed by atoms with Gasteiger partial charge in [0.25, 0.3) is 0 Å². The van der Waals surface area contributed by atoms with Gasteiger partial charge in [0.15, 0.2) is 0 Å². The zero-order valence-corrected chi connectivity index (χ0v) is 18.2. The fourth-order valence-electron chi connectivity index (χ4n) is 4.34. The second kappa shape index (κ2) is 9.37. The number of rotatable bonds is 7. The van der Waals surface area contributed by atoms with E-state index < -0.39 is 0 Å². The predicted octanol–water partition coefficient (Wildman–Crippen LogP) is 3.79. The van der Waals surface area contributed by atoms with E-state index in [0.717, 1.165) is 41.8 Å². The van der Waals surface area contributed by atoms with Crippen LogP contribution in [0.25, 0.3) is 10.9 Å². The van der Waals surface area contributed by atoms with Crippen molar-refractivity contribution >= 4 is 22.7 Å². The van der Waals surface area contributed by atoms with Crippen molar-refractivity contribution in [3.8, 4) is 0 Å². The monoisotopic (exact) mass is 422 g/mol. The van der Waals surface area contributed by atoms with Crippen LogP contribution in [-0.4, -0.2) is 39.4 Å². The fraction of sp³-hybridized carbons (Fsp3) is 0.458. The Balaban J connectivity index is 1.25. The molecule has 1 aromatic carbocycles. The van der Waals surface area contributed by atoms with Gasteiger partial charge in [-0.2, -0.15) is 0 Å². The quantitative estimate of drug-likeness (QED) is 0.606. The molecule has 3 aromatic rings. The summed E-state index contributed by atoms with van der Waals surface area (Å²) in [6.07, 6.45) is 6.10. The summed E-state index contributed by atoms with van der Waals surface area (Å²) >= 11 is 0. The van der Waals surface area contributed by atoms with Gasteiger partial charge in [0, 0.05) is 48.1 Å². The zero-order valence-electron chi connectivity index (χ0n) is 18.2. The van der Waals surface area contributed by atoms with E-state index in [4.69, 9.17) is 4.52 Å². The van der Waals surface area contributed by atoms with Gasteiger partial charge < -0.3 is 19.7 Å². The smallest absolute Gasteiger partial charge is 0.222 e. The summed E-state index contributed by atoms with van der Waals surface area (Å²) in [6, 6.07) is 8.27. The van der Waals surface area contributed by atoms with Crippen LogP contribution in [0.3, 0.4) is 0 Å². The van der Waals surface area contributed by atoms with Gasteiger partial charge in [-0.25, -0.2) is 0 Å². The Kier molecular flexibility index (Phi) is 6.39. The van der Waals surface area contributed by atoms with Crippen molar-refractivity contribution in [2.45, 2.75) is 65.0 Å². The van der Waals surface area contributed by atoms with E-state index in [1.165, 1.54) is 10.9 Å². The number of amides is 2. The average Bonchev–Trinajstić information content (AvgIpc) is 3.26.